The highest BCUT2D eigenvalue weighted by molar-refractivity contribution is 5.76. The van der Waals surface area contributed by atoms with E-state index in [9.17, 15) is 9.59 Å². The quantitative estimate of drug-likeness (QED) is 0.631. The molecular formula is C12H22N2O3. The summed E-state index contributed by atoms with van der Waals surface area (Å²) in [6, 6.07) is 0.467. The fourth-order valence-corrected chi connectivity index (χ4v) is 1.73. The van der Waals surface area contributed by atoms with Gasteiger partial charge in [0.1, 0.15) is 0 Å². The molecule has 0 saturated heterocycles. The molecule has 1 fully saturated rings. The normalized spacial score (nSPS) is 14.8. The van der Waals surface area contributed by atoms with Gasteiger partial charge in [0.25, 0.3) is 0 Å². The number of nitrogens with zero attached hydrogens (tertiary/aromatic N) is 1. The smallest absolute Gasteiger partial charge is 0.320 e. The first kappa shape index (κ1) is 14.0. The molecule has 0 aromatic carbocycles. The van der Waals surface area contributed by atoms with E-state index >= 15 is 0 Å². The van der Waals surface area contributed by atoms with Crippen molar-refractivity contribution in [3.05, 3.63) is 0 Å². The van der Waals surface area contributed by atoms with Gasteiger partial charge in [-0.25, -0.2) is 0 Å². The Bertz CT molecular complexity index is 264. The van der Waals surface area contributed by atoms with Gasteiger partial charge in [-0.15, -0.1) is 0 Å². The van der Waals surface area contributed by atoms with Gasteiger partial charge in [-0.2, -0.15) is 0 Å². The third kappa shape index (κ3) is 5.68. The van der Waals surface area contributed by atoms with E-state index in [2.05, 4.69) is 5.32 Å². The number of hydrogen-bond acceptors (Lipinski definition) is 4. The average molecular weight is 242 g/mol. The molecule has 0 unspecified atom stereocenters. The molecule has 1 N–H and O–H groups in total. The van der Waals surface area contributed by atoms with E-state index in [1.165, 1.54) is 0 Å². The number of ether oxygens (including phenoxy) is 1. The standard InChI is InChI=1S/C12H22N2O3/c1-3-13-11(15)7-8-14(10-5-6-10)9-12(16)17-4-2/h10H,3-9H2,1-2H3,(H,13,15). The predicted molar refractivity (Wildman–Crippen MR) is 64.5 cm³/mol. The Labute approximate surface area is 102 Å². The monoisotopic (exact) mass is 242 g/mol. The van der Waals surface area contributed by atoms with Crippen LogP contribution in [-0.2, 0) is 14.3 Å². The Hall–Kier alpha value is -1.10. The van der Waals surface area contributed by atoms with E-state index in [1.807, 2.05) is 11.8 Å². The second kappa shape index (κ2) is 7.27. The minimum absolute atomic E-state index is 0.0435. The summed E-state index contributed by atoms with van der Waals surface area (Å²) in [7, 11) is 0. The summed E-state index contributed by atoms with van der Waals surface area (Å²) in [5, 5.41) is 2.76. The van der Waals surface area contributed by atoms with Gasteiger partial charge in [0.15, 0.2) is 0 Å². The molecule has 0 radical (unpaired) electrons. The maximum atomic E-state index is 11.4. The van der Waals surface area contributed by atoms with Crippen molar-refractivity contribution in [2.24, 2.45) is 0 Å². The van der Waals surface area contributed by atoms with E-state index in [1.54, 1.807) is 6.92 Å². The highest BCUT2D eigenvalue weighted by Crippen LogP contribution is 2.26. The van der Waals surface area contributed by atoms with Crippen LogP contribution in [0.2, 0.25) is 0 Å². The lowest BCUT2D eigenvalue weighted by atomic mass is 10.3. The zero-order valence-electron chi connectivity index (χ0n) is 10.7. The Morgan fingerprint density at radius 2 is 2.06 bits per heavy atom. The van der Waals surface area contributed by atoms with E-state index in [0.29, 0.717) is 38.7 Å². The van der Waals surface area contributed by atoms with Crippen molar-refractivity contribution in [1.29, 1.82) is 0 Å². The van der Waals surface area contributed by atoms with Crippen LogP contribution in [0.5, 0.6) is 0 Å². The van der Waals surface area contributed by atoms with Crippen LogP contribution in [-0.4, -0.2) is 49.1 Å². The van der Waals surface area contributed by atoms with Crippen LogP contribution in [0.25, 0.3) is 0 Å². The van der Waals surface area contributed by atoms with Gasteiger partial charge in [-0.05, 0) is 26.7 Å². The highest BCUT2D eigenvalue weighted by Gasteiger charge is 2.30. The molecule has 98 valence electrons. The highest BCUT2D eigenvalue weighted by atomic mass is 16.5. The third-order valence-electron chi connectivity index (χ3n) is 2.70. The number of carbonyl (C=O) groups is 2. The first-order valence-electron chi connectivity index (χ1n) is 6.33. The molecule has 0 aromatic heterocycles. The summed E-state index contributed by atoms with van der Waals surface area (Å²) in [6.07, 6.45) is 2.69. The van der Waals surface area contributed by atoms with Crippen LogP contribution >= 0.6 is 0 Å². The Morgan fingerprint density at radius 3 is 2.59 bits per heavy atom. The SMILES string of the molecule is CCNC(=O)CCN(CC(=O)OCC)C1CC1. The molecule has 1 aliphatic carbocycles. The fourth-order valence-electron chi connectivity index (χ4n) is 1.73. The molecule has 1 rings (SSSR count). The Morgan fingerprint density at radius 1 is 1.35 bits per heavy atom. The summed E-state index contributed by atoms with van der Waals surface area (Å²) in [4.78, 5) is 24.8. The van der Waals surface area contributed by atoms with Gasteiger partial charge in [-0.1, -0.05) is 0 Å². The van der Waals surface area contributed by atoms with Crippen molar-refractivity contribution in [1.82, 2.24) is 10.2 Å². The van der Waals surface area contributed by atoms with Crippen molar-refractivity contribution in [2.45, 2.75) is 39.2 Å². The van der Waals surface area contributed by atoms with Gasteiger partial charge in [0.05, 0.1) is 13.2 Å². The molecule has 5 nitrogen and oxygen atoms in total. The zero-order chi connectivity index (χ0) is 12.7. The molecule has 1 amide bonds. The van der Waals surface area contributed by atoms with Crippen molar-refractivity contribution in [3.8, 4) is 0 Å². The summed E-state index contributed by atoms with van der Waals surface area (Å²) >= 11 is 0. The van der Waals surface area contributed by atoms with Gasteiger partial charge in [0.2, 0.25) is 5.91 Å². The molecule has 0 aromatic rings. The van der Waals surface area contributed by atoms with Gasteiger partial charge >= 0.3 is 5.97 Å². The molecule has 17 heavy (non-hydrogen) atoms. The van der Waals surface area contributed by atoms with Crippen molar-refractivity contribution in [2.75, 3.05) is 26.2 Å². The maximum absolute atomic E-state index is 11.4. The molecule has 0 bridgehead atoms. The van der Waals surface area contributed by atoms with Crippen molar-refractivity contribution >= 4 is 11.9 Å². The molecule has 0 heterocycles. The number of carbonyl (C=O) groups excluding carboxylic acids is 2. The maximum Gasteiger partial charge on any atom is 0.320 e. The van der Waals surface area contributed by atoms with Crippen LogP contribution in [0.1, 0.15) is 33.1 Å². The summed E-state index contributed by atoms with van der Waals surface area (Å²) in [5.74, 6) is -0.155. The number of amides is 1. The largest absolute Gasteiger partial charge is 0.465 e. The number of esters is 1. The van der Waals surface area contributed by atoms with Crippen LogP contribution < -0.4 is 5.32 Å². The minimum Gasteiger partial charge on any atom is -0.465 e. The summed E-state index contributed by atoms with van der Waals surface area (Å²) < 4.78 is 4.92. The molecule has 0 atom stereocenters. The topological polar surface area (TPSA) is 58.6 Å². The number of nitrogens with one attached hydrogen (secondary N) is 1. The lowest BCUT2D eigenvalue weighted by Gasteiger charge is -2.20. The molecular weight excluding hydrogens is 220 g/mol. The van der Waals surface area contributed by atoms with E-state index in [4.69, 9.17) is 4.74 Å². The minimum atomic E-state index is -0.199. The lowest BCUT2D eigenvalue weighted by molar-refractivity contribution is -0.144. The molecule has 0 spiro atoms. The van der Waals surface area contributed by atoms with Gasteiger partial charge in [0, 0.05) is 25.6 Å². The van der Waals surface area contributed by atoms with Gasteiger partial charge < -0.3 is 10.1 Å². The second-order valence-corrected chi connectivity index (χ2v) is 4.21. The summed E-state index contributed by atoms with van der Waals surface area (Å²) in [5.41, 5.74) is 0. The first-order chi connectivity index (χ1) is 8.17. The zero-order valence-corrected chi connectivity index (χ0v) is 10.7. The van der Waals surface area contributed by atoms with Crippen molar-refractivity contribution in [3.63, 3.8) is 0 Å². The fraction of sp³-hybridized carbons (Fsp3) is 0.833. The van der Waals surface area contributed by atoms with Crippen LogP contribution in [0.3, 0.4) is 0 Å². The van der Waals surface area contributed by atoms with E-state index in [0.717, 1.165) is 12.8 Å². The van der Waals surface area contributed by atoms with Crippen LogP contribution in [0, 0.1) is 0 Å². The van der Waals surface area contributed by atoms with Gasteiger partial charge in [-0.3, -0.25) is 14.5 Å². The van der Waals surface area contributed by atoms with Crippen LogP contribution in [0.4, 0.5) is 0 Å². The number of rotatable bonds is 8. The van der Waals surface area contributed by atoms with Crippen molar-refractivity contribution < 1.29 is 14.3 Å². The summed E-state index contributed by atoms with van der Waals surface area (Å²) in [6.45, 7) is 5.70. The second-order valence-electron chi connectivity index (χ2n) is 4.21. The first-order valence-corrected chi connectivity index (χ1v) is 6.33. The molecule has 1 saturated carbocycles. The Kier molecular flexibility index (Phi) is 5.97. The lowest BCUT2D eigenvalue weighted by Crippen LogP contribution is -2.36. The van der Waals surface area contributed by atoms with E-state index < -0.39 is 0 Å². The molecule has 5 heteroatoms. The average Bonchev–Trinajstić information content (AvgIpc) is 3.08. The van der Waals surface area contributed by atoms with E-state index in [-0.39, 0.29) is 11.9 Å². The number of hydrogen-bond donors (Lipinski definition) is 1. The predicted octanol–water partition coefficient (Wildman–Crippen LogP) is 0.540. The van der Waals surface area contributed by atoms with Crippen LogP contribution in [0.15, 0.2) is 0 Å². The Balaban J connectivity index is 2.28. The molecule has 0 aliphatic heterocycles. The molecule has 1 aliphatic rings. The third-order valence-corrected chi connectivity index (χ3v) is 2.70.